The first-order valence-electron chi connectivity index (χ1n) is 8.48. The molecule has 26 heavy (non-hydrogen) atoms. The van der Waals surface area contributed by atoms with Crippen LogP contribution in [0.15, 0.2) is 37.1 Å². The molecule has 0 bridgehead atoms. The van der Waals surface area contributed by atoms with Gasteiger partial charge in [0.2, 0.25) is 0 Å². The molecule has 1 atom stereocenters. The molecule has 0 amide bonds. The van der Waals surface area contributed by atoms with Crippen molar-refractivity contribution in [2.75, 3.05) is 5.73 Å². The first-order valence-corrected chi connectivity index (χ1v) is 9.29. The third-order valence-electron chi connectivity index (χ3n) is 4.43. The van der Waals surface area contributed by atoms with Gasteiger partial charge in [0, 0.05) is 29.4 Å². The van der Waals surface area contributed by atoms with Crippen molar-refractivity contribution in [1.82, 2.24) is 19.5 Å². The van der Waals surface area contributed by atoms with E-state index < -0.39 is 11.9 Å². The molecule has 0 radical (unpaired) electrons. The maximum Gasteiger partial charge on any atom is 0.312 e. The van der Waals surface area contributed by atoms with Crippen LogP contribution in [0, 0.1) is 0 Å². The Morgan fingerprint density at radius 3 is 2.85 bits per heavy atom. The molecule has 3 aromatic rings. The van der Waals surface area contributed by atoms with Gasteiger partial charge in [-0.15, -0.1) is 11.3 Å². The van der Waals surface area contributed by atoms with E-state index >= 15 is 0 Å². The fourth-order valence-corrected chi connectivity index (χ4v) is 3.94. The summed E-state index contributed by atoms with van der Waals surface area (Å²) < 4.78 is 1.91. The summed E-state index contributed by atoms with van der Waals surface area (Å²) in [6.45, 7) is 0.660. The molecule has 3 heterocycles. The second-order valence-electron chi connectivity index (χ2n) is 6.60. The standard InChI is InChI=1S/C18H19N5O2S/c19-16-4-1-11(6-20-16)5-14(18(24)25)15-9-23(10-22-15)8-13-7-21-17(26-13)12-2-3-12/h1,4,6-7,9-10,12,14H,2-3,5,8H2,(H2,19,20)(H,24,25). The normalized spacial score (nSPS) is 15.1. The Hall–Kier alpha value is -2.74. The predicted octanol–water partition coefficient (Wildman–Crippen LogP) is 2.65. The minimum absolute atomic E-state index is 0.325. The number of nitrogen functional groups attached to an aromatic ring is 1. The number of hydrogen-bond donors (Lipinski definition) is 2. The van der Waals surface area contributed by atoms with Gasteiger partial charge in [-0.1, -0.05) is 6.07 Å². The first-order chi connectivity index (χ1) is 12.6. The van der Waals surface area contributed by atoms with Crippen LogP contribution in [-0.4, -0.2) is 30.6 Å². The number of aromatic nitrogens is 4. The zero-order valence-electron chi connectivity index (χ0n) is 14.1. The van der Waals surface area contributed by atoms with Crippen molar-refractivity contribution in [2.24, 2.45) is 0 Å². The average Bonchev–Trinajstić information content (AvgIpc) is 3.20. The van der Waals surface area contributed by atoms with Crippen LogP contribution >= 0.6 is 11.3 Å². The monoisotopic (exact) mass is 369 g/mol. The molecular weight excluding hydrogens is 350 g/mol. The molecule has 4 rings (SSSR count). The zero-order valence-corrected chi connectivity index (χ0v) is 14.9. The first kappa shape index (κ1) is 16.7. The van der Waals surface area contributed by atoms with Crippen LogP contribution in [0.4, 0.5) is 5.82 Å². The van der Waals surface area contributed by atoms with Gasteiger partial charge in [-0.3, -0.25) is 4.79 Å². The van der Waals surface area contributed by atoms with E-state index in [0.717, 1.165) is 10.4 Å². The van der Waals surface area contributed by atoms with Crippen molar-refractivity contribution in [3.8, 4) is 0 Å². The molecule has 0 saturated heterocycles. The largest absolute Gasteiger partial charge is 0.481 e. The molecule has 1 aliphatic carbocycles. The second-order valence-corrected chi connectivity index (χ2v) is 7.74. The van der Waals surface area contributed by atoms with Crippen LogP contribution in [0.3, 0.4) is 0 Å². The molecule has 3 N–H and O–H groups in total. The van der Waals surface area contributed by atoms with Crippen molar-refractivity contribution in [1.29, 1.82) is 0 Å². The summed E-state index contributed by atoms with van der Waals surface area (Å²) in [5.74, 6) is -0.553. The molecule has 134 valence electrons. The van der Waals surface area contributed by atoms with E-state index in [-0.39, 0.29) is 0 Å². The second kappa shape index (κ2) is 6.87. The zero-order chi connectivity index (χ0) is 18.1. The highest BCUT2D eigenvalue weighted by molar-refractivity contribution is 7.11. The average molecular weight is 369 g/mol. The SMILES string of the molecule is Nc1ccc(CC(C(=O)O)c2cn(Cc3cnc(C4CC4)s3)cn2)cn1. The number of nitrogens with zero attached hydrogens (tertiary/aromatic N) is 4. The number of nitrogens with two attached hydrogens (primary N) is 1. The van der Waals surface area contributed by atoms with Gasteiger partial charge in [-0.2, -0.15) is 0 Å². The lowest BCUT2D eigenvalue weighted by Crippen LogP contribution is -2.15. The quantitative estimate of drug-likeness (QED) is 0.663. The summed E-state index contributed by atoms with van der Waals surface area (Å²) in [6.07, 6.45) is 9.81. The maximum atomic E-state index is 11.7. The van der Waals surface area contributed by atoms with Crippen LogP contribution in [0.25, 0.3) is 0 Å². The summed E-state index contributed by atoms with van der Waals surface area (Å²) in [5, 5.41) is 10.8. The molecule has 0 aliphatic heterocycles. The Balaban J connectivity index is 1.48. The minimum atomic E-state index is -0.902. The smallest absolute Gasteiger partial charge is 0.312 e. The molecule has 1 aliphatic rings. The minimum Gasteiger partial charge on any atom is -0.481 e. The third-order valence-corrected chi connectivity index (χ3v) is 5.58. The van der Waals surface area contributed by atoms with Gasteiger partial charge in [0.15, 0.2) is 0 Å². The van der Waals surface area contributed by atoms with Crippen LogP contribution in [-0.2, 0) is 17.8 Å². The van der Waals surface area contributed by atoms with Gasteiger partial charge < -0.3 is 15.4 Å². The lowest BCUT2D eigenvalue weighted by atomic mass is 9.98. The molecule has 7 nitrogen and oxygen atoms in total. The van der Waals surface area contributed by atoms with Crippen LogP contribution in [0.2, 0.25) is 0 Å². The van der Waals surface area contributed by atoms with E-state index in [9.17, 15) is 9.90 Å². The van der Waals surface area contributed by atoms with Crippen LogP contribution < -0.4 is 5.73 Å². The third kappa shape index (κ3) is 3.75. The molecule has 0 spiro atoms. The summed E-state index contributed by atoms with van der Waals surface area (Å²) in [6, 6.07) is 3.47. The van der Waals surface area contributed by atoms with Crippen molar-refractivity contribution in [3.05, 3.63) is 58.2 Å². The molecular formula is C18H19N5O2S. The highest BCUT2D eigenvalue weighted by Gasteiger charge is 2.27. The highest BCUT2D eigenvalue weighted by atomic mass is 32.1. The van der Waals surface area contributed by atoms with Crippen LogP contribution in [0.5, 0.6) is 0 Å². The molecule has 3 aromatic heterocycles. The van der Waals surface area contributed by atoms with Crippen molar-refractivity contribution in [3.63, 3.8) is 0 Å². The molecule has 1 fully saturated rings. The van der Waals surface area contributed by atoms with E-state index in [1.54, 1.807) is 42.2 Å². The molecule has 8 heteroatoms. The van der Waals surface area contributed by atoms with E-state index in [2.05, 4.69) is 15.0 Å². The Labute approximate surface area is 154 Å². The Kier molecular flexibility index (Phi) is 4.42. The van der Waals surface area contributed by atoms with E-state index in [1.165, 1.54) is 17.8 Å². The van der Waals surface area contributed by atoms with Crippen molar-refractivity contribution < 1.29 is 9.90 Å². The number of thiazole rings is 1. The lowest BCUT2D eigenvalue weighted by molar-refractivity contribution is -0.138. The predicted molar refractivity (Wildman–Crippen MR) is 98.1 cm³/mol. The maximum absolute atomic E-state index is 11.7. The number of anilines is 1. The Morgan fingerprint density at radius 2 is 2.15 bits per heavy atom. The fraction of sp³-hybridized carbons (Fsp3) is 0.333. The summed E-state index contributed by atoms with van der Waals surface area (Å²) in [4.78, 5) is 25.7. The van der Waals surface area contributed by atoms with Crippen molar-refractivity contribution in [2.45, 2.75) is 37.6 Å². The number of rotatable bonds is 7. The van der Waals surface area contributed by atoms with E-state index in [1.807, 2.05) is 10.8 Å². The lowest BCUT2D eigenvalue weighted by Gasteiger charge is -2.09. The number of carboxylic acid groups (broad SMARTS) is 1. The summed E-state index contributed by atoms with van der Waals surface area (Å²) in [5.41, 5.74) is 6.94. The number of pyridine rings is 1. The topological polar surface area (TPSA) is 107 Å². The van der Waals surface area contributed by atoms with Gasteiger partial charge in [0.25, 0.3) is 0 Å². The van der Waals surface area contributed by atoms with Crippen molar-refractivity contribution >= 4 is 23.1 Å². The number of carbonyl (C=O) groups is 1. The van der Waals surface area contributed by atoms with Crippen LogP contribution in [0.1, 0.15) is 45.8 Å². The van der Waals surface area contributed by atoms with E-state index in [0.29, 0.717) is 30.4 Å². The molecule has 0 aromatic carbocycles. The Morgan fingerprint density at radius 1 is 1.31 bits per heavy atom. The van der Waals surface area contributed by atoms with Gasteiger partial charge in [0.05, 0.1) is 23.6 Å². The number of hydrogen-bond acceptors (Lipinski definition) is 6. The molecule has 1 saturated carbocycles. The van der Waals surface area contributed by atoms with E-state index in [4.69, 9.17) is 5.73 Å². The summed E-state index contributed by atoms with van der Waals surface area (Å²) >= 11 is 1.73. The van der Waals surface area contributed by atoms with Gasteiger partial charge >= 0.3 is 5.97 Å². The van der Waals surface area contributed by atoms with Gasteiger partial charge in [-0.25, -0.2) is 15.0 Å². The highest BCUT2D eigenvalue weighted by Crippen LogP contribution is 2.41. The molecule has 1 unspecified atom stereocenters. The summed E-state index contributed by atoms with van der Waals surface area (Å²) in [7, 11) is 0. The number of imidazole rings is 1. The number of aliphatic carboxylic acids is 1. The van der Waals surface area contributed by atoms with Gasteiger partial charge in [-0.05, 0) is 30.9 Å². The number of carboxylic acids is 1. The van der Waals surface area contributed by atoms with Gasteiger partial charge in [0.1, 0.15) is 11.7 Å². The fourth-order valence-electron chi connectivity index (χ4n) is 2.85. The Bertz CT molecular complexity index is 914.